The molecular weight excluding hydrogens is 299 g/mol. The van der Waals surface area contributed by atoms with Gasteiger partial charge in [0.1, 0.15) is 0 Å². The van der Waals surface area contributed by atoms with Crippen LogP contribution in [-0.4, -0.2) is 4.57 Å². The van der Waals surface area contributed by atoms with Crippen molar-refractivity contribution in [1.29, 1.82) is 0 Å². The lowest BCUT2D eigenvalue weighted by atomic mass is 10.1. The van der Waals surface area contributed by atoms with Crippen LogP contribution in [0.2, 0.25) is 0 Å². The van der Waals surface area contributed by atoms with Gasteiger partial charge in [-0.15, -0.1) is 0 Å². The number of halogens is 3. The van der Waals surface area contributed by atoms with Crippen molar-refractivity contribution in [2.45, 2.75) is 6.18 Å². The van der Waals surface area contributed by atoms with Gasteiger partial charge >= 0.3 is 17.6 Å². The molecular formula is C15H8F3NO3. The molecule has 1 aromatic heterocycles. The summed E-state index contributed by atoms with van der Waals surface area (Å²) in [7, 11) is 0. The number of hydrogen-bond acceptors (Lipinski definition) is 3. The summed E-state index contributed by atoms with van der Waals surface area (Å²) in [4.78, 5) is 23.6. The van der Waals surface area contributed by atoms with Crippen molar-refractivity contribution >= 4 is 10.9 Å². The van der Waals surface area contributed by atoms with E-state index in [1.165, 1.54) is 12.1 Å². The van der Waals surface area contributed by atoms with Gasteiger partial charge in [-0.3, -0.25) is 0 Å². The molecule has 0 saturated heterocycles. The lowest BCUT2D eigenvalue weighted by molar-refractivity contribution is -0.137. The Kier molecular flexibility index (Phi) is 3.13. The maximum absolute atomic E-state index is 12.9. The number of benzene rings is 2. The Morgan fingerprint density at radius 2 is 1.64 bits per heavy atom. The summed E-state index contributed by atoms with van der Waals surface area (Å²) in [5.74, 6) is -1.04. The molecule has 0 saturated carbocycles. The average Bonchev–Trinajstić information content (AvgIpc) is 2.47. The molecule has 3 rings (SSSR count). The van der Waals surface area contributed by atoms with E-state index in [2.05, 4.69) is 4.42 Å². The normalized spacial score (nSPS) is 11.8. The number of fused-ring (bicyclic) bond motifs is 1. The highest BCUT2D eigenvalue weighted by Crippen LogP contribution is 2.31. The van der Waals surface area contributed by atoms with Crippen molar-refractivity contribution < 1.29 is 17.6 Å². The van der Waals surface area contributed by atoms with Crippen LogP contribution in [0.25, 0.3) is 16.6 Å². The van der Waals surface area contributed by atoms with Crippen molar-refractivity contribution in [2.24, 2.45) is 0 Å². The number of aromatic nitrogens is 1. The molecule has 3 aromatic rings. The summed E-state index contributed by atoms with van der Waals surface area (Å²) in [6.45, 7) is 0. The van der Waals surface area contributed by atoms with Gasteiger partial charge < -0.3 is 4.42 Å². The number of para-hydroxylation sites is 1. The quantitative estimate of drug-likeness (QED) is 0.694. The molecule has 2 aromatic carbocycles. The van der Waals surface area contributed by atoms with Crippen molar-refractivity contribution in [2.75, 3.05) is 0 Å². The summed E-state index contributed by atoms with van der Waals surface area (Å²) < 4.78 is 44.1. The molecule has 0 bridgehead atoms. The fraction of sp³-hybridized carbons (Fsp3) is 0.0667. The Bertz CT molecular complexity index is 956. The van der Waals surface area contributed by atoms with E-state index >= 15 is 0 Å². The molecule has 0 aliphatic heterocycles. The van der Waals surface area contributed by atoms with Crippen LogP contribution >= 0.6 is 0 Å². The second-order valence-corrected chi connectivity index (χ2v) is 4.56. The van der Waals surface area contributed by atoms with Crippen molar-refractivity contribution in [3.05, 3.63) is 75.1 Å². The molecule has 0 fully saturated rings. The number of hydrogen-bond donors (Lipinski definition) is 0. The maximum Gasteiger partial charge on any atom is 0.426 e. The van der Waals surface area contributed by atoms with E-state index in [-0.39, 0.29) is 10.9 Å². The van der Waals surface area contributed by atoms with Crippen LogP contribution in [0.5, 0.6) is 0 Å². The third-order valence-electron chi connectivity index (χ3n) is 3.16. The second kappa shape index (κ2) is 4.87. The summed E-state index contributed by atoms with van der Waals surface area (Å²) in [6, 6.07) is 10.5. The van der Waals surface area contributed by atoms with Crippen LogP contribution < -0.4 is 11.4 Å². The minimum atomic E-state index is -4.58. The standard InChI is InChI=1S/C15H8F3NO3/c16-15(17,18)9-6-7-11-12(8-9)19(14(21)22-13(11)20)10-4-2-1-3-5-10/h1-8H. The van der Waals surface area contributed by atoms with Crippen LogP contribution in [0.3, 0.4) is 0 Å². The molecule has 7 heteroatoms. The van der Waals surface area contributed by atoms with E-state index in [0.717, 1.165) is 22.8 Å². The highest BCUT2D eigenvalue weighted by Gasteiger charge is 2.31. The first kappa shape index (κ1) is 14.1. The van der Waals surface area contributed by atoms with Gasteiger partial charge in [0, 0.05) is 0 Å². The minimum Gasteiger partial charge on any atom is -0.372 e. The Balaban J connectivity index is 2.45. The maximum atomic E-state index is 12.9. The van der Waals surface area contributed by atoms with Crippen molar-refractivity contribution in [1.82, 2.24) is 4.57 Å². The lowest BCUT2D eigenvalue weighted by Crippen LogP contribution is -2.24. The molecule has 0 unspecified atom stereocenters. The van der Waals surface area contributed by atoms with E-state index in [0.29, 0.717) is 5.69 Å². The molecule has 0 atom stereocenters. The van der Waals surface area contributed by atoms with E-state index in [9.17, 15) is 22.8 Å². The molecule has 0 aliphatic rings. The second-order valence-electron chi connectivity index (χ2n) is 4.56. The minimum absolute atomic E-state index is 0.101. The molecule has 1 heterocycles. The Labute approximate surface area is 121 Å². The van der Waals surface area contributed by atoms with Gasteiger partial charge in [0.25, 0.3) is 0 Å². The summed E-state index contributed by atoms with van der Waals surface area (Å²) in [5, 5.41) is -0.101. The largest absolute Gasteiger partial charge is 0.426 e. The van der Waals surface area contributed by atoms with Crippen LogP contribution in [0.4, 0.5) is 13.2 Å². The highest BCUT2D eigenvalue weighted by molar-refractivity contribution is 5.80. The van der Waals surface area contributed by atoms with Gasteiger partial charge in [0.05, 0.1) is 22.2 Å². The lowest BCUT2D eigenvalue weighted by Gasteiger charge is -2.11. The molecule has 22 heavy (non-hydrogen) atoms. The van der Waals surface area contributed by atoms with Gasteiger partial charge in [-0.25, -0.2) is 14.2 Å². The molecule has 0 aliphatic carbocycles. The van der Waals surface area contributed by atoms with E-state index in [4.69, 9.17) is 0 Å². The summed E-state index contributed by atoms with van der Waals surface area (Å²) in [5.41, 5.74) is -1.77. The molecule has 4 nitrogen and oxygen atoms in total. The Hall–Kier alpha value is -2.83. The molecule has 0 spiro atoms. The smallest absolute Gasteiger partial charge is 0.372 e. The fourth-order valence-corrected chi connectivity index (χ4v) is 2.17. The van der Waals surface area contributed by atoms with E-state index in [1.54, 1.807) is 18.2 Å². The van der Waals surface area contributed by atoms with E-state index < -0.39 is 23.1 Å². The zero-order chi connectivity index (χ0) is 15.9. The fourth-order valence-electron chi connectivity index (χ4n) is 2.17. The van der Waals surface area contributed by atoms with Gasteiger partial charge in [0.15, 0.2) is 0 Å². The molecule has 0 amide bonds. The topological polar surface area (TPSA) is 52.2 Å². The highest BCUT2D eigenvalue weighted by atomic mass is 19.4. The SMILES string of the molecule is O=c1oc(=O)n(-c2ccccc2)c2cc(C(F)(F)F)ccc12. The number of rotatable bonds is 1. The molecule has 0 radical (unpaired) electrons. The summed E-state index contributed by atoms with van der Waals surface area (Å²) in [6.07, 6.45) is -4.58. The third-order valence-corrected chi connectivity index (χ3v) is 3.16. The van der Waals surface area contributed by atoms with Crippen LogP contribution in [0.15, 0.2) is 62.5 Å². The van der Waals surface area contributed by atoms with Crippen molar-refractivity contribution in [3.8, 4) is 5.69 Å². The predicted molar refractivity (Wildman–Crippen MR) is 73.1 cm³/mol. The van der Waals surface area contributed by atoms with Gasteiger partial charge in [-0.05, 0) is 30.3 Å². The average molecular weight is 307 g/mol. The monoisotopic (exact) mass is 307 g/mol. The predicted octanol–water partition coefficient (Wildman–Crippen LogP) is 2.96. The van der Waals surface area contributed by atoms with Crippen LogP contribution in [-0.2, 0) is 6.18 Å². The number of alkyl halides is 3. The zero-order valence-corrected chi connectivity index (χ0v) is 10.9. The first-order chi connectivity index (χ1) is 10.4. The summed E-state index contributed by atoms with van der Waals surface area (Å²) >= 11 is 0. The molecule has 0 N–H and O–H groups in total. The van der Waals surface area contributed by atoms with Crippen LogP contribution in [0, 0.1) is 0 Å². The van der Waals surface area contributed by atoms with Crippen LogP contribution in [0.1, 0.15) is 5.56 Å². The van der Waals surface area contributed by atoms with Crippen molar-refractivity contribution in [3.63, 3.8) is 0 Å². The molecule has 112 valence electrons. The Morgan fingerprint density at radius 3 is 2.27 bits per heavy atom. The van der Waals surface area contributed by atoms with Gasteiger partial charge in [-0.2, -0.15) is 13.2 Å². The Morgan fingerprint density at radius 1 is 0.955 bits per heavy atom. The first-order valence-corrected chi connectivity index (χ1v) is 6.20. The van der Waals surface area contributed by atoms with E-state index in [1.807, 2.05) is 0 Å². The zero-order valence-electron chi connectivity index (χ0n) is 10.9. The third kappa shape index (κ3) is 2.30. The van der Waals surface area contributed by atoms with Gasteiger partial charge in [-0.1, -0.05) is 18.2 Å². The number of nitrogens with zero attached hydrogens (tertiary/aromatic N) is 1. The van der Waals surface area contributed by atoms with Gasteiger partial charge in [0.2, 0.25) is 0 Å². The first-order valence-electron chi connectivity index (χ1n) is 6.20.